The SMILES string of the molecule is CCC[CH2][Sn](/[CH]=C(/COC(=O)c1ccco1)c1ccccc1)([CH2]CCC)[CH2]CCC. The zero-order chi connectivity index (χ0) is 21.7. The Morgan fingerprint density at radius 3 is 2.00 bits per heavy atom. The first-order valence-corrected chi connectivity index (χ1v) is 19.3. The molecule has 0 amide bonds. The molecule has 0 saturated heterocycles. The fourth-order valence-electron chi connectivity index (χ4n) is 4.02. The van der Waals surface area contributed by atoms with E-state index < -0.39 is 24.3 Å². The molecule has 0 fully saturated rings. The third-order valence-electron chi connectivity index (χ3n) is 5.79. The molecule has 1 heterocycles. The van der Waals surface area contributed by atoms with Gasteiger partial charge in [-0.05, 0) is 0 Å². The summed E-state index contributed by atoms with van der Waals surface area (Å²) in [7, 11) is 0. The van der Waals surface area contributed by atoms with Crippen LogP contribution in [0.2, 0.25) is 13.3 Å². The van der Waals surface area contributed by atoms with Crippen molar-refractivity contribution in [1.82, 2.24) is 0 Å². The summed E-state index contributed by atoms with van der Waals surface area (Å²) < 4.78 is 17.8. The Kier molecular flexibility index (Phi) is 11.3. The summed E-state index contributed by atoms with van der Waals surface area (Å²) >= 11 is -2.53. The van der Waals surface area contributed by atoms with Gasteiger partial charge in [0.15, 0.2) is 0 Å². The summed E-state index contributed by atoms with van der Waals surface area (Å²) in [6.07, 6.45) is 9.19. The molecule has 0 aliphatic heterocycles. The van der Waals surface area contributed by atoms with E-state index in [0.717, 1.165) is 0 Å². The van der Waals surface area contributed by atoms with Crippen LogP contribution in [0.4, 0.5) is 0 Å². The van der Waals surface area contributed by atoms with Crippen LogP contribution in [-0.4, -0.2) is 31.0 Å². The molecule has 0 saturated carbocycles. The van der Waals surface area contributed by atoms with Crippen LogP contribution in [0, 0.1) is 0 Å². The van der Waals surface area contributed by atoms with E-state index in [1.165, 1.54) is 69.2 Å². The molecular formula is C26H38O3Sn. The molecule has 164 valence electrons. The summed E-state index contributed by atoms with van der Waals surface area (Å²) in [5, 5.41) is 0. The molecule has 1 aromatic heterocycles. The third kappa shape index (κ3) is 7.97. The Bertz CT molecular complexity index is 728. The zero-order valence-corrected chi connectivity index (χ0v) is 21.8. The van der Waals surface area contributed by atoms with Crippen LogP contribution >= 0.6 is 0 Å². The van der Waals surface area contributed by atoms with Crippen molar-refractivity contribution >= 4 is 29.9 Å². The number of hydrogen-bond donors (Lipinski definition) is 0. The van der Waals surface area contributed by atoms with Crippen molar-refractivity contribution in [3.05, 3.63) is 64.1 Å². The van der Waals surface area contributed by atoms with E-state index in [2.05, 4.69) is 49.1 Å². The van der Waals surface area contributed by atoms with Crippen molar-refractivity contribution in [1.29, 1.82) is 0 Å². The van der Waals surface area contributed by atoms with Gasteiger partial charge in [0.25, 0.3) is 0 Å². The van der Waals surface area contributed by atoms with Gasteiger partial charge in [-0.2, -0.15) is 0 Å². The van der Waals surface area contributed by atoms with Gasteiger partial charge in [0, 0.05) is 0 Å². The maximum atomic E-state index is 12.4. The standard InChI is InChI=1S/C14H11O3.3C4H9.Sn/c1-11(12-6-3-2-4-7-12)10-17-14(15)13-8-5-9-16-13;3*1-3-4-2;/h1-9H,10H2;3*1,3-4H2,2H3;. The van der Waals surface area contributed by atoms with Gasteiger partial charge in [-0.15, -0.1) is 0 Å². The summed E-state index contributed by atoms with van der Waals surface area (Å²) in [4.78, 5) is 12.4. The predicted octanol–water partition coefficient (Wildman–Crippen LogP) is 7.91. The monoisotopic (exact) mass is 518 g/mol. The molecule has 2 rings (SSSR count). The Morgan fingerprint density at radius 2 is 1.50 bits per heavy atom. The van der Waals surface area contributed by atoms with E-state index >= 15 is 0 Å². The number of esters is 1. The molecule has 0 spiro atoms. The van der Waals surface area contributed by atoms with Gasteiger partial charge in [-0.1, -0.05) is 0 Å². The quantitative estimate of drug-likeness (QED) is 0.189. The normalized spacial score (nSPS) is 12.2. The van der Waals surface area contributed by atoms with Crippen molar-refractivity contribution < 1.29 is 13.9 Å². The van der Waals surface area contributed by atoms with Crippen molar-refractivity contribution in [2.75, 3.05) is 6.61 Å². The summed E-state index contributed by atoms with van der Waals surface area (Å²) in [6, 6.07) is 13.8. The fourth-order valence-corrected chi connectivity index (χ4v) is 19.3. The van der Waals surface area contributed by atoms with Gasteiger partial charge in [0.2, 0.25) is 0 Å². The predicted molar refractivity (Wildman–Crippen MR) is 128 cm³/mol. The van der Waals surface area contributed by atoms with Crippen LogP contribution in [0.5, 0.6) is 0 Å². The molecule has 0 aliphatic carbocycles. The average Bonchev–Trinajstić information content (AvgIpc) is 3.33. The number of benzene rings is 1. The minimum atomic E-state index is -2.53. The van der Waals surface area contributed by atoms with Crippen LogP contribution in [0.3, 0.4) is 0 Å². The van der Waals surface area contributed by atoms with Crippen LogP contribution < -0.4 is 0 Å². The molecule has 3 nitrogen and oxygen atoms in total. The van der Waals surface area contributed by atoms with Crippen molar-refractivity contribution in [2.24, 2.45) is 0 Å². The summed E-state index contributed by atoms with van der Waals surface area (Å²) in [6.45, 7) is 7.20. The Morgan fingerprint density at radius 1 is 0.900 bits per heavy atom. The molecule has 0 aliphatic rings. The second-order valence-corrected chi connectivity index (χ2v) is 21.1. The molecule has 4 heteroatoms. The zero-order valence-electron chi connectivity index (χ0n) is 19.0. The molecular weight excluding hydrogens is 479 g/mol. The van der Waals surface area contributed by atoms with Crippen LogP contribution in [0.1, 0.15) is 75.4 Å². The van der Waals surface area contributed by atoms with Gasteiger partial charge < -0.3 is 0 Å². The Hall–Kier alpha value is -1.49. The van der Waals surface area contributed by atoms with Crippen LogP contribution in [0.15, 0.2) is 57.2 Å². The van der Waals surface area contributed by atoms with E-state index in [9.17, 15) is 4.79 Å². The second-order valence-electron chi connectivity index (χ2n) is 8.26. The van der Waals surface area contributed by atoms with E-state index in [-0.39, 0.29) is 5.76 Å². The van der Waals surface area contributed by atoms with Crippen LogP contribution in [0.25, 0.3) is 5.57 Å². The van der Waals surface area contributed by atoms with E-state index in [0.29, 0.717) is 6.61 Å². The van der Waals surface area contributed by atoms with Crippen molar-refractivity contribution in [2.45, 2.75) is 72.6 Å². The van der Waals surface area contributed by atoms with E-state index in [1.54, 1.807) is 12.1 Å². The number of carbonyl (C=O) groups excluding carboxylic acids is 1. The van der Waals surface area contributed by atoms with E-state index in [1.807, 2.05) is 6.07 Å². The third-order valence-corrected chi connectivity index (χ3v) is 20.1. The number of rotatable bonds is 14. The number of carbonyl (C=O) groups is 1. The molecule has 0 radical (unpaired) electrons. The minimum absolute atomic E-state index is 0.264. The first-order valence-electron chi connectivity index (χ1n) is 11.6. The van der Waals surface area contributed by atoms with Crippen molar-refractivity contribution in [3.8, 4) is 0 Å². The molecule has 30 heavy (non-hydrogen) atoms. The first-order chi connectivity index (χ1) is 14.6. The van der Waals surface area contributed by atoms with Crippen LogP contribution in [-0.2, 0) is 4.74 Å². The Labute approximate surface area is 186 Å². The van der Waals surface area contributed by atoms with Gasteiger partial charge in [-0.25, -0.2) is 0 Å². The second kappa shape index (κ2) is 13.7. The first kappa shape index (κ1) is 24.8. The average molecular weight is 517 g/mol. The molecule has 0 atom stereocenters. The summed E-state index contributed by atoms with van der Waals surface area (Å²) in [5.74, 6) is -0.126. The van der Waals surface area contributed by atoms with Crippen molar-refractivity contribution in [3.63, 3.8) is 0 Å². The molecule has 1 aromatic carbocycles. The topological polar surface area (TPSA) is 39.4 Å². The molecule has 0 unspecified atom stereocenters. The van der Waals surface area contributed by atoms with E-state index in [4.69, 9.17) is 9.15 Å². The van der Waals surface area contributed by atoms with Gasteiger partial charge in [0.05, 0.1) is 0 Å². The Balaban J connectivity index is 2.35. The molecule has 2 aromatic rings. The fraction of sp³-hybridized carbons (Fsp3) is 0.500. The molecule has 0 N–H and O–H groups in total. The number of ether oxygens (including phenoxy) is 1. The number of hydrogen-bond acceptors (Lipinski definition) is 3. The summed E-state index contributed by atoms with van der Waals surface area (Å²) in [5.41, 5.74) is 2.37. The van der Waals surface area contributed by atoms with Gasteiger partial charge >= 0.3 is 187 Å². The van der Waals surface area contributed by atoms with Gasteiger partial charge in [-0.3, -0.25) is 0 Å². The number of unbranched alkanes of at least 4 members (excludes halogenated alkanes) is 3. The van der Waals surface area contributed by atoms with Gasteiger partial charge in [0.1, 0.15) is 0 Å². The maximum absolute atomic E-state index is 12.4. The number of furan rings is 1. The molecule has 0 bridgehead atoms.